The van der Waals surface area contributed by atoms with E-state index in [9.17, 15) is 4.39 Å². The summed E-state index contributed by atoms with van der Waals surface area (Å²) in [6.45, 7) is 0.610. The van der Waals surface area contributed by atoms with E-state index in [1.54, 1.807) is 19.2 Å². The number of ether oxygens (including phenoxy) is 1. The first-order valence-corrected chi connectivity index (χ1v) is 6.31. The molecule has 0 amide bonds. The van der Waals surface area contributed by atoms with Crippen molar-refractivity contribution in [1.29, 1.82) is 0 Å². The number of para-hydroxylation sites is 2. The molecule has 2 nitrogen and oxygen atoms in total. The van der Waals surface area contributed by atoms with E-state index in [0.29, 0.717) is 11.0 Å². The van der Waals surface area contributed by atoms with Crippen LogP contribution in [0.25, 0.3) is 0 Å². The van der Waals surface area contributed by atoms with Crippen LogP contribution in [-0.2, 0) is 6.54 Å². The van der Waals surface area contributed by atoms with Gasteiger partial charge in [-0.25, -0.2) is 4.39 Å². The molecular weight excluding hydrogens is 297 g/mol. The second kappa shape index (κ2) is 5.87. The van der Waals surface area contributed by atoms with Crippen LogP contribution in [0.1, 0.15) is 5.56 Å². The molecule has 0 fully saturated rings. The fourth-order valence-electron chi connectivity index (χ4n) is 1.64. The van der Waals surface area contributed by atoms with Gasteiger partial charge in [-0.1, -0.05) is 18.2 Å². The molecule has 0 radical (unpaired) electrons. The van der Waals surface area contributed by atoms with Gasteiger partial charge in [-0.3, -0.25) is 0 Å². The van der Waals surface area contributed by atoms with Crippen molar-refractivity contribution in [1.82, 2.24) is 0 Å². The zero-order valence-corrected chi connectivity index (χ0v) is 11.5. The Kier molecular flexibility index (Phi) is 4.20. The largest absolute Gasteiger partial charge is 0.495 e. The zero-order chi connectivity index (χ0) is 13.0. The molecule has 2 aromatic rings. The average Bonchev–Trinajstić information content (AvgIpc) is 2.40. The van der Waals surface area contributed by atoms with Crippen LogP contribution in [-0.4, -0.2) is 7.11 Å². The summed E-state index contributed by atoms with van der Waals surface area (Å²) in [7, 11) is 1.63. The molecular formula is C14H13BrFNO. The molecule has 0 spiro atoms. The van der Waals surface area contributed by atoms with E-state index in [0.717, 1.165) is 17.0 Å². The van der Waals surface area contributed by atoms with Gasteiger partial charge in [0.05, 0.1) is 17.3 Å². The van der Waals surface area contributed by atoms with Crippen molar-refractivity contribution in [3.63, 3.8) is 0 Å². The van der Waals surface area contributed by atoms with Crippen molar-refractivity contribution >= 4 is 21.6 Å². The first-order chi connectivity index (χ1) is 8.70. The van der Waals surface area contributed by atoms with Gasteiger partial charge in [0.25, 0.3) is 0 Å². The minimum absolute atomic E-state index is 0.254. The standard InChI is InChI=1S/C14H13BrFNO/c1-18-14-5-3-2-4-13(14)17-9-10-6-7-12(16)11(15)8-10/h2-8,17H,9H2,1H3. The van der Waals surface area contributed by atoms with Gasteiger partial charge in [0, 0.05) is 6.54 Å². The molecule has 0 bridgehead atoms. The highest BCUT2D eigenvalue weighted by atomic mass is 79.9. The highest BCUT2D eigenvalue weighted by molar-refractivity contribution is 9.10. The lowest BCUT2D eigenvalue weighted by molar-refractivity contribution is 0.416. The summed E-state index contributed by atoms with van der Waals surface area (Å²) in [5, 5.41) is 3.26. The fraction of sp³-hybridized carbons (Fsp3) is 0.143. The molecule has 0 aliphatic rings. The van der Waals surface area contributed by atoms with Crippen molar-refractivity contribution in [3.05, 3.63) is 58.3 Å². The zero-order valence-electron chi connectivity index (χ0n) is 9.91. The predicted molar refractivity (Wildman–Crippen MR) is 74.4 cm³/mol. The van der Waals surface area contributed by atoms with Crippen molar-refractivity contribution in [3.8, 4) is 5.75 Å². The van der Waals surface area contributed by atoms with Crippen LogP contribution in [0.4, 0.5) is 10.1 Å². The first-order valence-electron chi connectivity index (χ1n) is 5.51. The number of benzene rings is 2. The van der Waals surface area contributed by atoms with E-state index >= 15 is 0 Å². The van der Waals surface area contributed by atoms with Gasteiger partial charge in [0.15, 0.2) is 0 Å². The summed E-state index contributed by atoms with van der Waals surface area (Å²) in [5.41, 5.74) is 1.91. The molecule has 1 N–H and O–H groups in total. The maximum Gasteiger partial charge on any atom is 0.141 e. The monoisotopic (exact) mass is 309 g/mol. The predicted octanol–water partition coefficient (Wildman–Crippen LogP) is 4.21. The highest BCUT2D eigenvalue weighted by Crippen LogP contribution is 2.24. The van der Waals surface area contributed by atoms with Crippen LogP contribution < -0.4 is 10.1 Å². The first kappa shape index (κ1) is 12.9. The molecule has 0 unspecified atom stereocenters. The number of methoxy groups -OCH3 is 1. The lowest BCUT2D eigenvalue weighted by Gasteiger charge is -2.11. The molecule has 0 saturated carbocycles. The summed E-state index contributed by atoms with van der Waals surface area (Å²) in [6, 6.07) is 12.6. The number of hydrogen-bond donors (Lipinski definition) is 1. The van der Waals surface area contributed by atoms with Crippen LogP contribution in [0.2, 0.25) is 0 Å². The van der Waals surface area contributed by atoms with Crippen LogP contribution >= 0.6 is 15.9 Å². The van der Waals surface area contributed by atoms with Crippen molar-refractivity contribution in [2.24, 2.45) is 0 Å². The topological polar surface area (TPSA) is 21.3 Å². The molecule has 4 heteroatoms. The Labute approximate surface area is 114 Å². The van der Waals surface area contributed by atoms with E-state index in [4.69, 9.17) is 4.74 Å². The van der Waals surface area contributed by atoms with Crippen LogP contribution in [0.15, 0.2) is 46.9 Å². The van der Waals surface area contributed by atoms with Gasteiger partial charge >= 0.3 is 0 Å². The number of hydrogen-bond acceptors (Lipinski definition) is 2. The maximum absolute atomic E-state index is 13.1. The fourth-order valence-corrected chi connectivity index (χ4v) is 2.06. The second-order valence-corrected chi connectivity index (χ2v) is 4.66. The highest BCUT2D eigenvalue weighted by Gasteiger charge is 2.03. The minimum atomic E-state index is -0.254. The SMILES string of the molecule is COc1ccccc1NCc1ccc(F)c(Br)c1. The number of rotatable bonds is 4. The Morgan fingerprint density at radius 2 is 2.00 bits per heavy atom. The molecule has 2 aromatic carbocycles. The minimum Gasteiger partial charge on any atom is -0.495 e. The third kappa shape index (κ3) is 3.01. The molecule has 0 atom stereocenters. The molecule has 2 rings (SSSR count). The lowest BCUT2D eigenvalue weighted by Crippen LogP contribution is -2.01. The Balaban J connectivity index is 2.09. The summed E-state index contributed by atoms with van der Waals surface area (Å²) in [6.07, 6.45) is 0. The Hall–Kier alpha value is -1.55. The average molecular weight is 310 g/mol. The molecule has 0 aliphatic heterocycles. The smallest absolute Gasteiger partial charge is 0.141 e. The summed E-state index contributed by atoms with van der Waals surface area (Å²) < 4.78 is 18.8. The van der Waals surface area contributed by atoms with E-state index in [2.05, 4.69) is 21.2 Å². The van der Waals surface area contributed by atoms with Crippen LogP contribution in [0.3, 0.4) is 0 Å². The molecule has 0 aromatic heterocycles. The van der Waals surface area contributed by atoms with Gasteiger partial charge < -0.3 is 10.1 Å². The normalized spacial score (nSPS) is 10.2. The third-order valence-electron chi connectivity index (χ3n) is 2.57. The number of anilines is 1. The Morgan fingerprint density at radius 3 is 2.72 bits per heavy atom. The number of halogens is 2. The van der Waals surface area contributed by atoms with E-state index in [1.807, 2.05) is 24.3 Å². The summed E-state index contributed by atoms with van der Waals surface area (Å²) in [4.78, 5) is 0. The number of nitrogens with one attached hydrogen (secondary N) is 1. The summed E-state index contributed by atoms with van der Waals surface area (Å²) >= 11 is 3.17. The van der Waals surface area contributed by atoms with Crippen LogP contribution in [0, 0.1) is 5.82 Å². The van der Waals surface area contributed by atoms with Gasteiger partial charge in [-0.15, -0.1) is 0 Å². The Morgan fingerprint density at radius 1 is 1.22 bits per heavy atom. The van der Waals surface area contributed by atoms with Crippen LogP contribution in [0.5, 0.6) is 5.75 Å². The molecule has 18 heavy (non-hydrogen) atoms. The molecule has 0 saturated heterocycles. The maximum atomic E-state index is 13.1. The quantitative estimate of drug-likeness (QED) is 0.913. The summed E-state index contributed by atoms with van der Waals surface area (Å²) in [5.74, 6) is 0.537. The van der Waals surface area contributed by atoms with E-state index in [-0.39, 0.29) is 5.82 Å². The van der Waals surface area contributed by atoms with Gasteiger partial charge in [0.2, 0.25) is 0 Å². The van der Waals surface area contributed by atoms with Gasteiger partial charge in [-0.2, -0.15) is 0 Å². The van der Waals surface area contributed by atoms with Gasteiger partial charge in [0.1, 0.15) is 11.6 Å². The van der Waals surface area contributed by atoms with Crippen molar-refractivity contribution in [2.45, 2.75) is 6.54 Å². The Bertz CT molecular complexity index is 545. The van der Waals surface area contributed by atoms with Crippen molar-refractivity contribution < 1.29 is 9.13 Å². The molecule has 0 aliphatic carbocycles. The van der Waals surface area contributed by atoms with Gasteiger partial charge in [-0.05, 0) is 45.8 Å². The second-order valence-electron chi connectivity index (χ2n) is 3.80. The van der Waals surface area contributed by atoms with E-state index < -0.39 is 0 Å². The van der Waals surface area contributed by atoms with Crippen molar-refractivity contribution in [2.75, 3.05) is 12.4 Å². The third-order valence-corrected chi connectivity index (χ3v) is 3.18. The van der Waals surface area contributed by atoms with E-state index in [1.165, 1.54) is 6.07 Å². The lowest BCUT2D eigenvalue weighted by atomic mass is 10.2. The molecule has 94 valence electrons. The molecule has 0 heterocycles.